The fraction of sp³-hybridized carbons (Fsp3) is 0.419. The number of carbonyl (C=O) groups is 2. The van der Waals surface area contributed by atoms with E-state index in [2.05, 4.69) is 44.0 Å². The number of ether oxygens (including phenoxy) is 1. The lowest BCUT2D eigenvalue weighted by Gasteiger charge is -2.49. The van der Waals surface area contributed by atoms with Crippen molar-refractivity contribution < 1.29 is 18.7 Å². The van der Waals surface area contributed by atoms with Crippen molar-refractivity contribution in [3.8, 4) is 11.1 Å². The normalized spacial score (nSPS) is 20.6. The fourth-order valence-corrected chi connectivity index (χ4v) is 6.61. The number of nitrogens with one attached hydrogen (secondary N) is 1. The Morgan fingerprint density at radius 2 is 1.91 bits per heavy atom. The maximum absolute atomic E-state index is 13.6. The van der Waals surface area contributed by atoms with E-state index in [9.17, 15) is 14.0 Å². The second kappa shape index (κ2) is 12.8. The molecule has 4 aromatic rings. The van der Waals surface area contributed by atoms with Gasteiger partial charge in [0.15, 0.2) is 11.0 Å². The Balaban J connectivity index is 1.00. The summed E-state index contributed by atoms with van der Waals surface area (Å²) in [5, 5.41) is 3.61. The Hall–Kier alpha value is -3.87. The Kier molecular flexibility index (Phi) is 8.68. The van der Waals surface area contributed by atoms with Crippen molar-refractivity contribution in [1.82, 2.24) is 29.7 Å². The lowest BCUT2D eigenvalue weighted by atomic mass is 9.78. The topological polar surface area (TPSA) is 113 Å². The van der Waals surface area contributed by atoms with Crippen LogP contribution >= 0.6 is 11.3 Å². The van der Waals surface area contributed by atoms with Gasteiger partial charge in [-0.15, -0.1) is 0 Å². The van der Waals surface area contributed by atoms with Crippen LogP contribution in [0.15, 0.2) is 48.9 Å². The minimum atomic E-state index is -0.468. The van der Waals surface area contributed by atoms with Gasteiger partial charge < -0.3 is 15.0 Å². The number of rotatable bonds is 9. The molecule has 6 rings (SSSR count). The van der Waals surface area contributed by atoms with Crippen molar-refractivity contribution in [3.05, 3.63) is 66.3 Å². The molecule has 2 fully saturated rings. The van der Waals surface area contributed by atoms with Gasteiger partial charge in [0, 0.05) is 74.5 Å². The van der Waals surface area contributed by atoms with Gasteiger partial charge in [-0.3, -0.25) is 19.5 Å². The van der Waals surface area contributed by atoms with Crippen molar-refractivity contribution in [3.63, 3.8) is 0 Å². The number of halogens is 1. The average molecular weight is 604 g/mol. The Labute approximate surface area is 253 Å². The Morgan fingerprint density at radius 3 is 2.65 bits per heavy atom. The predicted octanol–water partition coefficient (Wildman–Crippen LogP) is 4.78. The van der Waals surface area contributed by atoms with Crippen LogP contribution in [0.3, 0.4) is 0 Å². The van der Waals surface area contributed by atoms with Gasteiger partial charge >= 0.3 is 0 Å². The van der Waals surface area contributed by atoms with Gasteiger partial charge in [-0.1, -0.05) is 24.3 Å². The molecule has 1 saturated carbocycles. The van der Waals surface area contributed by atoms with Crippen LogP contribution in [0.25, 0.3) is 21.3 Å². The second-order valence-electron chi connectivity index (χ2n) is 11.2. The van der Waals surface area contributed by atoms with Crippen LogP contribution in [0.2, 0.25) is 0 Å². The quantitative estimate of drug-likeness (QED) is 0.272. The average Bonchev–Trinajstić information content (AvgIpc) is 3.38. The highest BCUT2D eigenvalue weighted by atomic mass is 32.1. The van der Waals surface area contributed by atoms with E-state index in [4.69, 9.17) is 4.74 Å². The van der Waals surface area contributed by atoms with Crippen molar-refractivity contribution in [1.29, 1.82) is 0 Å². The zero-order chi connectivity index (χ0) is 29.9. The molecule has 224 valence electrons. The molecule has 1 aromatic carbocycles. The number of aromatic nitrogens is 4. The zero-order valence-electron chi connectivity index (χ0n) is 24.2. The van der Waals surface area contributed by atoms with Gasteiger partial charge in [0.25, 0.3) is 5.91 Å². The number of thiazole rings is 1. The van der Waals surface area contributed by atoms with Crippen molar-refractivity contribution in [2.24, 2.45) is 5.92 Å². The molecule has 0 radical (unpaired) electrons. The molecule has 12 heteroatoms. The molecule has 1 aliphatic carbocycles. The summed E-state index contributed by atoms with van der Waals surface area (Å²) in [6, 6.07) is 8.82. The molecule has 2 amide bonds. The first-order valence-electron chi connectivity index (χ1n) is 14.6. The summed E-state index contributed by atoms with van der Waals surface area (Å²) in [5.74, 6) is -0.149. The molecule has 3 aromatic heterocycles. The van der Waals surface area contributed by atoms with Crippen molar-refractivity contribution in [2.75, 3.05) is 31.6 Å². The van der Waals surface area contributed by atoms with E-state index in [1.807, 2.05) is 18.2 Å². The van der Waals surface area contributed by atoms with Gasteiger partial charge in [-0.25, -0.2) is 19.3 Å². The van der Waals surface area contributed by atoms with Gasteiger partial charge in [0.2, 0.25) is 5.91 Å². The van der Waals surface area contributed by atoms with Crippen LogP contribution in [-0.4, -0.2) is 79.9 Å². The molecule has 2 aliphatic rings. The number of fused-ring (bicyclic) bond motifs is 1. The van der Waals surface area contributed by atoms with Crippen molar-refractivity contribution in [2.45, 2.75) is 51.8 Å². The van der Waals surface area contributed by atoms with Crippen LogP contribution in [0.5, 0.6) is 0 Å². The number of pyridine rings is 1. The lowest BCUT2D eigenvalue weighted by molar-refractivity contribution is -0.125. The Bertz CT molecular complexity index is 1610. The molecule has 0 spiro atoms. The highest BCUT2D eigenvalue weighted by Gasteiger charge is 2.41. The molecule has 43 heavy (non-hydrogen) atoms. The standard InChI is InChI=1S/C31H34FN7O3S/c1-3-10-42-18-28-34-15-22(16-35-28)20-4-5-25-27(13-20)43-31(36-25)37-29(40)21-11-24(12-21)39-9-8-38(17-19(39)2)30(41)26-14-23(32)6-7-33-26/h4-7,13-16,19,21,24H,3,8-12,17-18H2,1-2H3,(H,36,37,40)/t19-,21-,24+/m0/s1. The number of hydrogen-bond acceptors (Lipinski definition) is 9. The van der Waals surface area contributed by atoms with E-state index in [-0.39, 0.29) is 29.5 Å². The van der Waals surface area contributed by atoms with Gasteiger partial charge in [0.1, 0.15) is 18.1 Å². The third-order valence-electron chi connectivity index (χ3n) is 8.10. The van der Waals surface area contributed by atoms with Crippen LogP contribution in [0.1, 0.15) is 49.4 Å². The minimum absolute atomic E-state index is 0.0107. The van der Waals surface area contributed by atoms with E-state index in [1.54, 1.807) is 17.3 Å². The molecule has 1 saturated heterocycles. The lowest BCUT2D eigenvalue weighted by Crippen LogP contribution is -2.60. The molecule has 0 bridgehead atoms. The first-order chi connectivity index (χ1) is 20.9. The maximum atomic E-state index is 13.6. The first kappa shape index (κ1) is 29.2. The fourth-order valence-electron chi connectivity index (χ4n) is 5.71. The minimum Gasteiger partial charge on any atom is -0.373 e. The van der Waals surface area contributed by atoms with Crippen molar-refractivity contribution >= 4 is 38.5 Å². The van der Waals surface area contributed by atoms with Gasteiger partial charge in [-0.2, -0.15) is 0 Å². The maximum Gasteiger partial charge on any atom is 0.272 e. The number of hydrogen-bond donors (Lipinski definition) is 1. The summed E-state index contributed by atoms with van der Waals surface area (Å²) in [7, 11) is 0. The summed E-state index contributed by atoms with van der Waals surface area (Å²) in [5.41, 5.74) is 2.85. The van der Waals surface area contributed by atoms with E-state index < -0.39 is 5.82 Å². The SMILES string of the molecule is CCCOCc1ncc(-c2ccc3nc(NC(=O)[C@H]4C[C@@H](N5CCN(C(=O)c6cc(F)ccn6)C[C@@H]5C)C4)sc3c2)cn1. The van der Waals surface area contributed by atoms with E-state index in [0.717, 1.165) is 40.6 Å². The molecule has 1 atom stereocenters. The molecule has 4 heterocycles. The van der Waals surface area contributed by atoms with E-state index in [0.29, 0.717) is 49.8 Å². The summed E-state index contributed by atoms with van der Waals surface area (Å²) < 4.78 is 20.0. The molecule has 0 unspecified atom stereocenters. The van der Waals surface area contributed by atoms with Gasteiger partial charge in [0.05, 0.1) is 10.2 Å². The largest absolute Gasteiger partial charge is 0.373 e. The molecule has 10 nitrogen and oxygen atoms in total. The summed E-state index contributed by atoms with van der Waals surface area (Å²) >= 11 is 1.45. The summed E-state index contributed by atoms with van der Waals surface area (Å²) in [6.45, 7) is 7.04. The summed E-state index contributed by atoms with van der Waals surface area (Å²) in [4.78, 5) is 47.4. The molecule has 1 aliphatic heterocycles. The highest BCUT2D eigenvalue weighted by molar-refractivity contribution is 7.22. The smallest absolute Gasteiger partial charge is 0.272 e. The van der Waals surface area contributed by atoms with E-state index in [1.165, 1.54) is 29.7 Å². The van der Waals surface area contributed by atoms with Crippen LogP contribution in [0.4, 0.5) is 9.52 Å². The monoisotopic (exact) mass is 603 g/mol. The van der Waals surface area contributed by atoms with Crippen LogP contribution in [-0.2, 0) is 16.1 Å². The number of piperazine rings is 1. The molecule has 1 N–H and O–H groups in total. The molecular weight excluding hydrogens is 569 g/mol. The Morgan fingerprint density at radius 1 is 1.09 bits per heavy atom. The highest BCUT2D eigenvalue weighted by Crippen LogP contribution is 2.36. The number of nitrogens with zero attached hydrogens (tertiary/aromatic N) is 6. The van der Waals surface area contributed by atoms with Gasteiger partial charge in [-0.05, 0) is 49.9 Å². The third kappa shape index (κ3) is 6.56. The number of benzene rings is 1. The summed E-state index contributed by atoms with van der Waals surface area (Å²) in [6.07, 6.45) is 7.41. The van der Waals surface area contributed by atoms with E-state index >= 15 is 0 Å². The van der Waals surface area contributed by atoms with Crippen LogP contribution < -0.4 is 5.32 Å². The number of amides is 2. The predicted molar refractivity (Wildman–Crippen MR) is 162 cm³/mol. The second-order valence-corrected chi connectivity index (χ2v) is 12.2. The van der Waals surface area contributed by atoms with Crippen LogP contribution in [0, 0.1) is 11.7 Å². The zero-order valence-corrected chi connectivity index (χ0v) is 25.0. The third-order valence-corrected chi connectivity index (χ3v) is 9.03. The number of carbonyl (C=O) groups excluding carboxylic acids is 2. The number of anilines is 1. The first-order valence-corrected chi connectivity index (χ1v) is 15.5. The molecular formula is C31H34FN7O3S.